The lowest BCUT2D eigenvalue weighted by Gasteiger charge is -2.18. The molecule has 0 aliphatic carbocycles. The van der Waals surface area contributed by atoms with E-state index >= 15 is 0 Å². The second kappa shape index (κ2) is 11.0. The molecule has 1 heterocycles. The van der Waals surface area contributed by atoms with Crippen LogP contribution in [0.1, 0.15) is 33.5 Å². The van der Waals surface area contributed by atoms with Crippen LogP contribution in [0.5, 0.6) is 0 Å². The molecule has 0 atom stereocenters. The molecule has 0 saturated carbocycles. The molecule has 0 radical (unpaired) electrons. The van der Waals surface area contributed by atoms with Crippen LogP contribution in [0.2, 0.25) is 0 Å². The largest absolute Gasteiger partial charge is 0.326 e. The Morgan fingerprint density at radius 2 is 1.60 bits per heavy atom. The van der Waals surface area contributed by atoms with Gasteiger partial charge in [-0.2, -0.15) is 5.26 Å². The first-order valence-corrected chi connectivity index (χ1v) is 11.3. The van der Waals surface area contributed by atoms with E-state index in [-0.39, 0.29) is 30.7 Å². The van der Waals surface area contributed by atoms with Gasteiger partial charge in [-0.1, -0.05) is 24.3 Å². The number of hydrogen-bond acceptors (Lipinski definition) is 4. The van der Waals surface area contributed by atoms with Gasteiger partial charge in [-0.05, 0) is 75.2 Å². The van der Waals surface area contributed by atoms with Crippen LogP contribution in [0.3, 0.4) is 0 Å². The number of aromatic nitrogens is 1. The van der Waals surface area contributed by atoms with E-state index in [1.807, 2.05) is 50.5 Å². The Balaban J connectivity index is 1.69. The lowest BCUT2D eigenvalue weighted by molar-refractivity contribution is -0.119. The van der Waals surface area contributed by atoms with Crippen LogP contribution in [-0.4, -0.2) is 41.4 Å². The molecular weight excluding hydrogens is 445 g/mol. The summed E-state index contributed by atoms with van der Waals surface area (Å²) in [5.41, 5.74) is 5.65. The summed E-state index contributed by atoms with van der Waals surface area (Å²) >= 11 is 0. The summed E-state index contributed by atoms with van der Waals surface area (Å²) in [5, 5.41) is 15.4. The number of anilines is 2. The number of carbonyl (C=O) groups is 2. The van der Waals surface area contributed by atoms with Gasteiger partial charge >= 0.3 is 0 Å². The number of likely N-dealkylation sites (N-methyl/N-ethyl adjacent to an activating group) is 1. The number of nitrogens with one attached hydrogen (secondary N) is 2. The first-order chi connectivity index (χ1) is 16.6. The Morgan fingerprint density at radius 1 is 0.971 bits per heavy atom. The third-order valence-electron chi connectivity index (χ3n) is 6.16. The number of carbonyl (C=O) groups excluding carboxylic acids is 2. The Kier molecular flexibility index (Phi) is 8.05. The fourth-order valence-electron chi connectivity index (χ4n) is 3.89. The lowest BCUT2D eigenvalue weighted by atomic mass is 10.1. The van der Waals surface area contributed by atoms with Crippen molar-refractivity contribution in [2.24, 2.45) is 0 Å². The zero-order valence-electron chi connectivity index (χ0n) is 20.7. The Morgan fingerprint density at radius 3 is 2.23 bits per heavy atom. The molecule has 3 aromatic rings. The van der Waals surface area contributed by atoms with Gasteiger partial charge in [0.15, 0.2) is 0 Å². The SMILES string of the molecule is Cc1cccc(NC(=O)CN(C)CC(=O)Nc2c(C#N)c(C)c(C)n2Cc2ccc(F)cc2)c1C. The average molecular weight is 476 g/mol. The molecule has 1 aromatic heterocycles. The molecule has 0 aliphatic rings. The minimum Gasteiger partial charge on any atom is -0.326 e. The molecule has 0 spiro atoms. The molecule has 35 heavy (non-hydrogen) atoms. The van der Waals surface area contributed by atoms with E-state index < -0.39 is 0 Å². The Hall–Kier alpha value is -3.96. The molecule has 2 amide bonds. The van der Waals surface area contributed by atoms with Gasteiger partial charge in [0.05, 0.1) is 18.7 Å². The number of aryl methyl sites for hydroxylation is 1. The summed E-state index contributed by atoms with van der Waals surface area (Å²) in [6.45, 7) is 7.99. The van der Waals surface area contributed by atoms with E-state index in [1.165, 1.54) is 12.1 Å². The average Bonchev–Trinajstić information content (AvgIpc) is 3.01. The van der Waals surface area contributed by atoms with Gasteiger partial charge < -0.3 is 15.2 Å². The summed E-state index contributed by atoms with van der Waals surface area (Å²) in [5.74, 6) is -0.505. The number of amides is 2. The molecule has 0 fully saturated rings. The number of rotatable bonds is 8. The van der Waals surface area contributed by atoms with Crippen LogP contribution < -0.4 is 10.6 Å². The topological polar surface area (TPSA) is 90.2 Å². The van der Waals surface area contributed by atoms with Crippen molar-refractivity contribution in [1.82, 2.24) is 9.47 Å². The van der Waals surface area contributed by atoms with Gasteiger partial charge in [-0.3, -0.25) is 14.5 Å². The number of benzene rings is 2. The predicted octanol–water partition coefficient (Wildman–Crippen LogP) is 4.29. The number of nitrogens with zero attached hydrogens (tertiary/aromatic N) is 3. The van der Waals surface area contributed by atoms with E-state index in [1.54, 1.807) is 24.1 Å². The lowest BCUT2D eigenvalue weighted by Crippen LogP contribution is -2.36. The number of halogens is 1. The molecule has 182 valence electrons. The van der Waals surface area contributed by atoms with E-state index in [2.05, 4.69) is 16.7 Å². The minimum atomic E-state index is -0.346. The Labute approximate surface area is 205 Å². The fraction of sp³-hybridized carbons (Fsp3) is 0.296. The zero-order valence-corrected chi connectivity index (χ0v) is 20.7. The van der Waals surface area contributed by atoms with Crippen LogP contribution in [0, 0.1) is 44.8 Å². The molecule has 0 saturated heterocycles. The summed E-state index contributed by atoms with van der Waals surface area (Å²) in [7, 11) is 1.68. The fourth-order valence-corrected chi connectivity index (χ4v) is 3.89. The first kappa shape index (κ1) is 25.7. The molecule has 0 bridgehead atoms. The van der Waals surface area contributed by atoms with Crippen LogP contribution >= 0.6 is 0 Å². The van der Waals surface area contributed by atoms with Crippen molar-refractivity contribution in [1.29, 1.82) is 5.26 Å². The van der Waals surface area contributed by atoms with Gasteiger partial charge in [0, 0.05) is 17.9 Å². The third kappa shape index (κ3) is 6.14. The molecule has 7 nitrogen and oxygen atoms in total. The number of hydrogen-bond donors (Lipinski definition) is 2. The van der Waals surface area contributed by atoms with Gasteiger partial charge in [0.25, 0.3) is 0 Å². The van der Waals surface area contributed by atoms with Crippen LogP contribution in [-0.2, 0) is 16.1 Å². The maximum atomic E-state index is 13.3. The normalized spacial score (nSPS) is 10.8. The summed E-state index contributed by atoms with van der Waals surface area (Å²) < 4.78 is 15.1. The van der Waals surface area contributed by atoms with Crippen molar-refractivity contribution < 1.29 is 14.0 Å². The molecular formula is C27H30FN5O2. The smallest absolute Gasteiger partial charge is 0.239 e. The highest BCUT2D eigenvalue weighted by Crippen LogP contribution is 2.27. The van der Waals surface area contributed by atoms with Gasteiger partial charge in [0.1, 0.15) is 17.7 Å². The molecule has 0 unspecified atom stereocenters. The minimum absolute atomic E-state index is 0.0283. The second-order valence-corrected chi connectivity index (χ2v) is 8.77. The van der Waals surface area contributed by atoms with Gasteiger partial charge in [-0.15, -0.1) is 0 Å². The monoisotopic (exact) mass is 475 g/mol. The quantitative estimate of drug-likeness (QED) is 0.509. The van der Waals surface area contributed by atoms with Crippen molar-refractivity contribution in [3.8, 4) is 6.07 Å². The van der Waals surface area contributed by atoms with Crippen molar-refractivity contribution in [2.45, 2.75) is 34.2 Å². The molecule has 3 rings (SSSR count). The summed E-state index contributed by atoms with van der Waals surface area (Å²) in [6, 6.07) is 14.0. The number of nitriles is 1. The van der Waals surface area contributed by atoms with Crippen molar-refractivity contribution in [3.05, 3.63) is 81.8 Å². The van der Waals surface area contributed by atoms with Crippen molar-refractivity contribution >= 4 is 23.3 Å². The maximum Gasteiger partial charge on any atom is 0.239 e. The van der Waals surface area contributed by atoms with Crippen LogP contribution in [0.15, 0.2) is 42.5 Å². The highest BCUT2D eigenvalue weighted by molar-refractivity contribution is 5.95. The van der Waals surface area contributed by atoms with E-state index in [4.69, 9.17) is 0 Å². The van der Waals surface area contributed by atoms with Gasteiger partial charge in [0.2, 0.25) is 11.8 Å². The van der Waals surface area contributed by atoms with Crippen molar-refractivity contribution in [3.63, 3.8) is 0 Å². The zero-order chi connectivity index (χ0) is 25.7. The standard InChI is InChI=1S/C27H30FN5O2/c1-17-7-6-8-24(18(17)2)30-25(34)15-32(5)16-26(35)31-27-23(13-29)19(3)20(4)33(27)14-21-9-11-22(28)12-10-21/h6-12H,14-16H2,1-5H3,(H,30,34)(H,31,35). The molecule has 2 aromatic carbocycles. The van der Waals surface area contributed by atoms with Crippen molar-refractivity contribution in [2.75, 3.05) is 30.8 Å². The first-order valence-electron chi connectivity index (χ1n) is 11.3. The summed E-state index contributed by atoms with van der Waals surface area (Å²) in [6.07, 6.45) is 0. The molecule has 0 aliphatic heterocycles. The third-order valence-corrected chi connectivity index (χ3v) is 6.16. The van der Waals surface area contributed by atoms with E-state index in [9.17, 15) is 19.2 Å². The molecule has 8 heteroatoms. The van der Waals surface area contributed by atoms with E-state index in [0.717, 1.165) is 33.6 Å². The highest BCUT2D eigenvalue weighted by Gasteiger charge is 2.21. The second-order valence-electron chi connectivity index (χ2n) is 8.77. The highest BCUT2D eigenvalue weighted by atomic mass is 19.1. The van der Waals surface area contributed by atoms with Crippen LogP contribution in [0.25, 0.3) is 0 Å². The van der Waals surface area contributed by atoms with E-state index in [0.29, 0.717) is 17.9 Å². The van der Waals surface area contributed by atoms with Gasteiger partial charge in [-0.25, -0.2) is 4.39 Å². The maximum absolute atomic E-state index is 13.3. The summed E-state index contributed by atoms with van der Waals surface area (Å²) in [4.78, 5) is 26.9. The Bertz CT molecular complexity index is 1290. The van der Waals surface area contributed by atoms with Crippen LogP contribution in [0.4, 0.5) is 15.9 Å². The molecule has 2 N–H and O–H groups in total. The predicted molar refractivity (Wildman–Crippen MR) is 135 cm³/mol.